The number of thioether (sulfide) groups is 1. The van der Waals surface area contributed by atoms with Crippen LogP contribution in [-0.2, 0) is 11.2 Å². The number of aromatic nitrogens is 2. The molecule has 0 fully saturated rings. The molecule has 1 atom stereocenters. The van der Waals surface area contributed by atoms with E-state index in [-0.39, 0.29) is 17.8 Å². The summed E-state index contributed by atoms with van der Waals surface area (Å²) in [6.45, 7) is 0.387. The van der Waals surface area contributed by atoms with Gasteiger partial charge >= 0.3 is 0 Å². The van der Waals surface area contributed by atoms with Crippen LogP contribution in [0.15, 0.2) is 53.9 Å². The smallest absolute Gasteiger partial charge is 0.230 e. The van der Waals surface area contributed by atoms with E-state index in [0.29, 0.717) is 28.9 Å². The SMILES string of the molecule is COc1ccc(OC)c(-c2cc(Cl)c3c(c2)C[C@@H](CNC(=O)CSc2ncccn2)O3)c1. The zero-order valence-corrected chi connectivity index (χ0v) is 19.2. The summed E-state index contributed by atoms with van der Waals surface area (Å²) in [5.41, 5.74) is 2.79. The van der Waals surface area contributed by atoms with Crippen LogP contribution in [0.3, 0.4) is 0 Å². The Kier molecular flexibility index (Phi) is 7.02. The van der Waals surface area contributed by atoms with E-state index >= 15 is 0 Å². The number of benzene rings is 2. The molecule has 2 aromatic carbocycles. The third-order valence-corrected chi connectivity index (χ3v) is 6.13. The van der Waals surface area contributed by atoms with Gasteiger partial charge in [0.25, 0.3) is 0 Å². The van der Waals surface area contributed by atoms with Crippen LogP contribution in [-0.4, -0.2) is 48.5 Å². The minimum atomic E-state index is -0.188. The minimum absolute atomic E-state index is 0.102. The monoisotopic (exact) mass is 471 g/mol. The van der Waals surface area contributed by atoms with Crippen molar-refractivity contribution in [3.63, 3.8) is 0 Å². The fourth-order valence-corrected chi connectivity index (χ4v) is 4.38. The molecule has 1 N–H and O–H groups in total. The van der Waals surface area contributed by atoms with Crippen molar-refractivity contribution in [2.45, 2.75) is 17.7 Å². The number of ether oxygens (including phenoxy) is 3. The highest BCUT2D eigenvalue weighted by Crippen LogP contribution is 2.42. The molecule has 0 radical (unpaired) electrons. The van der Waals surface area contributed by atoms with Gasteiger partial charge in [-0.1, -0.05) is 23.4 Å². The molecule has 3 aromatic rings. The van der Waals surface area contributed by atoms with Crippen LogP contribution in [0, 0.1) is 0 Å². The second kappa shape index (κ2) is 10.1. The molecule has 1 aliphatic rings. The van der Waals surface area contributed by atoms with Gasteiger partial charge < -0.3 is 19.5 Å². The molecule has 9 heteroatoms. The third-order valence-electron chi connectivity index (χ3n) is 4.97. The van der Waals surface area contributed by atoms with Crippen molar-refractivity contribution in [3.05, 3.63) is 59.4 Å². The number of carbonyl (C=O) groups is 1. The van der Waals surface area contributed by atoms with E-state index in [0.717, 1.165) is 28.2 Å². The maximum Gasteiger partial charge on any atom is 0.230 e. The molecule has 32 heavy (non-hydrogen) atoms. The lowest BCUT2D eigenvalue weighted by atomic mass is 9.99. The maximum atomic E-state index is 12.2. The van der Waals surface area contributed by atoms with Gasteiger partial charge in [0, 0.05) is 29.9 Å². The second-order valence-electron chi connectivity index (χ2n) is 7.08. The molecule has 0 saturated heterocycles. The first kappa shape index (κ1) is 22.2. The topological polar surface area (TPSA) is 82.6 Å². The van der Waals surface area contributed by atoms with Crippen LogP contribution in [0.1, 0.15) is 5.56 Å². The number of hydrogen-bond acceptors (Lipinski definition) is 7. The van der Waals surface area contributed by atoms with Gasteiger partial charge in [0.05, 0.1) is 31.5 Å². The Morgan fingerprint density at radius 1 is 1.22 bits per heavy atom. The number of halogens is 1. The molecule has 7 nitrogen and oxygen atoms in total. The second-order valence-corrected chi connectivity index (χ2v) is 8.43. The Labute approximate surface area is 195 Å². The van der Waals surface area contributed by atoms with Crippen molar-refractivity contribution in [3.8, 4) is 28.4 Å². The average Bonchev–Trinajstić information content (AvgIpc) is 3.25. The molecule has 1 aliphatic heterocycles. The summed E-state index contributed by atoms with van der Waals surface area (Å²) >= 11 is 7.83. The van der Waals surface area contributed by atoms with Crippen LogP contribution >= 0.6 is 23.4 Å². The molecule has 0 saturated carbocycles. The number of nitrogens with one attached hydrogen (secondary N) is 1. The first-order valence-electron chi connectivity index (χ1n) is 9.95. The van der Waals surface area contributed by atoms with E-state index in [4.69, 9.17) is 25.8 Å². The first-order chi connectivity index (χ1) is 15.6. The van der Waals surface area contributed by atoms with Crippen molar-refractivity contribution in [1.82, 2.24) is 15.3 Å². The molecule has 2 heterocycles. The molecule has 0 spiro atoms. The number of nitrogens with zero attached hydrogens (tertiary/aromatic N) is 2. The molecule has 1 aromatic heterocycles. The quantitative estimate of drug-likeness (QED) is 0.392. The molecule has 0 unspecified atom stereocenters. The Hall–Kier alpha value is -2.97. The van der Waals surface area contributed by atoms with Crippen molar-refractivity contribution < 1.29 is 19.0 Å². The largest absolute Gasteiger partial charge is 0.497 e. The predicted octanol–water partition coefficient (Wildman–Crippen LogP) is 4.03. The van der Waals surface area contributed by atoms with Crippen molar-refractivity contribution in [2.24, 2.45) is 0 Å². The number of amides is 1. The number of methoxy groups -OCH3 is 2. The van der Waals surface area contributed by atoms with Crippen LogP contribution < -0.4 is 19.5 Å². The summed E-state index contributed by atoms with van der Waals surface area (Å²) in [5.74, 6) is 2.25. The van der Waals surface area contributed by atoms with E-state index < -0.39 is 0 Å². The molecule has 4 rings (SSSR count). The van der Waals surface area contributed by atoms with Gasteiger partial charge in [0.1, 0.15) is 23.4 Å². The number of fused-ring (bicyclic) bond motifs is 1. The molecule has 0 bridgehead atoms. The van der Waals surface area contributed by atoms with Crippen LogP contribution in [0.25, 0.3) is 11.1 Å². The fourth-order valence-electron chi connectivity index (χ4n) is 3.47. The van der Waals surface area contributed by atoms with E-state index in [9.17, 15) is 4.79 Å². The average molecular weight is 472 g/mol. The number of hydrogen-bond donors (Lipinski definition) is 1. The Morgan fingerprint density at radius 2 is 2.03 bits per heavy atom. The van der Waals surface area contributed by atoms with Gasteiger partial charge in [-0.15, -0.1) is 0 Å². The zero-order valence-electron chi connectivity index (χ0n) is 17.6. The van der Waals surface area contributed by atoms with Crippen LogP contribution in [0.2, 0.25) is 5.02 Å². The lowest BCUT2D eigenvalue weighted by molar-refractivity contribution is -0.118. The van der Waals surface area contributed by atoms with Gasteiger partial charge in [0.2, 0.25) is 5.91 Å². The third kappa shape index (κ3) is 5.08. The van der Waals surface area contributed by atoms with E-state index in [1.165, 1.54) is 11.8 Å². The summed E-state index contributed by atoms with van der Waals surface area (Å²) < 4.78 is 16.9. The fraction of sp³-hybridized carbons (Fsp3) is 0.261. The van der Waals surface area contributed by atoms with Crippen molar-refractivity contribution >= 4 is 29.3 Å². The van der Waals surface area contributed by atoms with E-state index in [1.807, 2.05) is 30.3 Å². The van der Waals surface area contributed by atoms with Gasteiger partial charge in [-0.3, -0.25) is 4.79 Å². The summed E-state index contributed by atoms with van der Waals surface area (Å²) in [4.78, 5) is 20.4. The van der Waals surface area contributed by atoms with Crippen LogP contribution in [0.5, 0.6) is 17.2 Å². The van der Waals surface area contributed by atoms with E-state index in [1.54, 1.807) is 32.7 Å². The minimum Gasteiger partial charge on any atom is -0.497 e. The molecule has 0 aliphatic carbocycles. The summed E-state index contributed by atoms with van der Waals surface area (Å²) in [7, 11) is 3.25. The Morgan fingerprint density at radius 3 is 2.78 bits per heavy atom. The molecule has 1 amide bonds. The maximum absolute atomic E-state index is 12.2. The highest BCUT2D eigenvalue weighted by Gasteiger charge is 2.27. The number of rotatable bonds is 8. The first-order valence-corrected chi connectivity index (χ1v) is 11.3. The zero-order chi connectivity index (χ0) is 22.5. The Balaban J connectivity index is 1.41. The number of carbonyl (C=O) groups excluding carboxylic acids is 1. The summed E-state index contributed by atoms with van der Waals surface area (Å²) in [5, 5.41) is 4.00. The van der Waals surface area contributed by atoms with Crippen molar-refractivity contribution in [2.75, 3.05) is 26.5 Å². The lowest BCUT2D eigenvalue weighted by Crippen LogP contribution is -2.35. The highest BCUT2D eigenvalue weighted by molar-refractivity contribution is 7.99. The van der Waals surface area contributed by atoms with Gasteiger partial charge in [-0.2, -0.15) is 0 Å². The van der Waals surface area contributed by atoms with Crippen molar-refractivity contribution in [1.29, 1.82) is 0 Å². The summed E-state index contributed by atoms with van der Waals surface area (Å²) in [6.07, 6.45) is 3.75. The standard InChI is InChI=1S/C23H22ClN3O4S/c1-29-16-4-5-20(30-2)18(11-16)14-8-15-9-17(31-22(15)19(24)10-14)12-27-21(28)13-32-23-25-6-3-7-26-23/h3-8,10-11,17H,9,12-13H2,1-2H3,(H,27,28)/t17-/m0/s1. The van der Waals surface area contributed by atoms with Gasteiger partial charge in [0.15, 0.2) is 5.16 Å². The molecule has 166 valence electrons. The van der Waals surface area contributed by atoms with E-state index in [2.05, 4.69) is 15.3 Å². The van der Waals surface area contributed by atoms with Gasteiger partial charge in [-0.05, 0) is 42.0 Å². The van der Waals surface area contributed by atoms with Gasteiger partial charge in [-0.25, -0.2) is 9.97 Å². The lowest BCUT2D eigenvalue weighted by Gasteiger charge is -2.13. The predicted molar refractivity (Wildman–Crippen MR) is 124 cm³/mol. The Bertz CT molecular complexity index is 1110. The highest BCUT2D eigenvalue weighted by atomic mass is 35.5. The molecular weight excluding hydrogens is 450 g/mol. The normalized spacial score (nSPS) is 14.4. The van der Waals surface area contributed by atoms with Crippen LogP contribution in [0.4, 0.5) is 0 Å². The summed E-state index contributed by atoms with van der Waals surface area (Å²) in [6, 6.07) is 11.3. The molecular formula is C23H22ClN3O4S.